The van der Waals surface area contributed by atoms with Crippen molar-refractivity contribution < 1.29 is 19.3 Å². The number of likely N-dealkylation sites (tertiary alicyclic amines) is 1. The molecule has 1 saturated heterocycles. The Morgan fingerprint density at radius 2 is 1.21 bits per heavy atom. The zero-order valence-corrected chi connectivity index (χ0v) is 24.0. The molecule has 0 aromatic heterocycles. The number of nitro benzene ring substituents is 1. The average molecular weight is 612 g/mol. The molecule has 214 valence electrons. The van der Waals surface area contributed by atoms with E-state index in [0.717, 1.165) is 10.5 Å². The number of anilines is 1. The molecule has 43 heavy (non-hydrogen) atoms. The fraction of sp³-hybridized carbons (Fsp3) is 0.182. The Balaban J connectivity index is 1.33. The van der Waals surface area contributed by atoms with Crippen LogP contribution in [0.4, 0.5) is 11.4 Å². The number of nitro groups is 1. The molecular formula is C33H23Cl2N3O5. The Morgan fingerprint density at radius 1 is 0.767 bits per heavy atom. The lowest BCUT2D eigenvalue weighted by Crippen LogP contribution is -2.57. The van der Waals surface area contributed by atoms with Gasteiger partial charge < -0.3 is 5.32 Å². The quantitative estimate of drug-likeness (QED) is 0.129. The van der Waals surface area contributed by atoms with Gasteiger partial charge in [0, 0.05) is 24.2 Å². The molecule has 8 rings (SSSR count). The summed E-state index contributed by atoms with van der Waals surface area (Å²) in [6, 6.07) is 27.9. The number of hydrogen-bond acceptors (Lipinski definition) is 5. The van der Waals surface area contributed by atoms with Crippen molar-refractivity contribution >= 4 is 52.3 Å². The second-order valence-electron chi connectivity index (χ2n) is 11.0. The maximum absolute atomic E-state index is 14.5. The molecule has 1 heterocycles. The number of hydrogen-bond donors (Lipinski definition) is 1. The van der Waals surface area contributed by atoms with Crippen molar-refractivity contribution in [2.24, 2.45) is 11.8 Å². The number of nitrogens with zero attached hydrogens (tertiary/aromatic N) is 2. The van der Waals surface area contributed by atoms with Gasteiger partial charge >= 0.3 is 0 Å². The number of carbonyl (C=O) groups excluding carboxylic acids is 3. The number of benzene rings is 4. The molecule has 10 heteroatoms. The number of alkyl halides is 2. The first-order valence-corrected chi connectivity index (χ1v) is 14.5. The van der Waals surface area contributed by atoms with Crippen LogP contribution in [0.15, 0.2) is 103 Å². The predicted octanol–water partition coefficient (Wildman–Crippen LogP) is 5.74. The van der Waals surface area contributed by atoms with Crippen molar-refractivity contribution in [1.82, 2.24) is 4.90 Å². The van der Waals surface area contributed by atoms with E-state index in [2.05, 4.69) is 5.32 Å². The van der Waals surface area contributed by atoms with E-state index in [1.807, 2.05) is 78.9 Å². The Morgan fingerprint density at radius 3 is 1.65 bits per heavy atom. The van der Waals surface area contributed by atoms with Crippen LogP contribution in [0.25, 0.3) is 0 Å². The summed E-state index contributed by atoms with van der Waals surface area (Å²) >= 11 is 15.1. The van der Waals surface area contributed by atoms with E-state index in [9.17, 15) is 24.5 Å². The highest BCUT2D eigenvalue weighted by Crippen LogP contribution is 2.69. The van der Waals surface area contributed by atoms with E-state index in [-0.39, 0.29) is 17.8 Å². The van der Waals surface area contributed by atoms with Crippen LogP contribution in [0.3, 0.4) is 0 Å². The third-order valence-corrected chi connectivity index (χ3v) is 10.1. The topological polar surface area (TPSA) is 110 Å². The van der Waals surface area contributed by atoms with Gasteiger partial charge in [-0.25, -0.2) is 0 Å². The fourth-order valence-electron chi connectivity index (χ4n) is 7.03. The summed E-state index contributed by atoms with van der Waals surface area (Å²) in [6.07, 6.45) is 0.0427. The normalized spacial score (nSPS) is 25.5. The number of carbonyl (C=O) groups is 3. The van der Waals surface area contributed by atoms with Gasteiger partial charge in [-0.05, 0) is 39.9 Å². The van der Waals surface area contributed by atoms with Gasteiger partial charge in [0.2, 0.25) is 17.7 Å². The van der Waals surface area contributed by atoms with Crippen LogP contribution in [0.5, 0.6) is 0 Å². The van der Waals surface area contributed by atoms with E-state index in [1.54, 1.807) is 0 Å². The highest BCUT2D eigenvalue weighted by atomic mass is 35.5. The van der Waals surface area contributed by atoms with Gasteiger partial charge in [-0.15, -0.1) is 23.2 Å². The number of nitrogens with one attached hydrogen (secondary N) is 1. The molecule has 2 bridgehead atoms. The molecular weight excluding hydrogens is 589 g/mol. The van der Waals surface area contributed by atoms with Crippen molar-refractivity contribution in [3.05, 3.63) is 141 Å². The number of imide groups is 1. The Kier molecular flexibility index (Phi) is 6.20. The van der Waals surface area contributed by atoms with Crippen molar-refractivity contribution in [3.63, 3.8) is 0 Å². The highest BCUT2D eigenvalue weighted by molar-refractivity contribution is 6.36. The van der Waals surface area contributed by atoms with Crippen LogP contribution in [0.1, 0.15) is 27.8 Å². The van der Waals surface area contributed by atoms with E-state index >= 15 is 0 Å². The second-order valence-corrected chi connectivity index (χ2v) is 12.2. The number of rotatable bonds is 6. The first-order chi connectivity index (χ1) is 20.7. The highest BCUT2D eigenvalue weighted by Gasteiger charge is 2.73. The van der Waals surface area contributed by atoms with Crippen LogP contribution in [0, 0.1) is 22.0 Å². The SMILES string of the molecule is O=C(Nc1ccc([N+](=O)[O-])cc1)[C@H](Cc1ccccc1)N1C(=O)[C@@H]2[C@H](C1=O)C1(Cl)c3ccccc3C2(Cl)c2ccccc21. The molecule has 3 atom stereocenters. The lowest BCUT2D eigenvalue weighted by atomic mass is 9.54. The Bertz CT molecular complexity index is 1710. The standard InChI is InChI=1S/C33H23Cl2N3O5/c34-32-22-10-4-5-11-23(22)33(35,25-13-7-6-12-24(25)32)28-27(32)30(40)37(31(28)41)26(18-19-8-2-1-3-9-19)29(39)36-20-14-16-21(17-15-20)38(42)43/h1-17,26-28H,18H2,(H,36,39)/t26-,27-,28+,32?,33?/m0/s1. The van der Waals surface area contributed by atoms with Crippen LogP contribution in [-0.2, 0) is 30.6 Å². The van der Waals surface area contributed by atoms with Gasteiger partial charge in [0.15, 0.2) is 0 Å². The maximum atomic E-state index is 14.5. The molecule has 0 spiro atoms. The monoisotopic (exact) mass is 611 g/mol. The average Bonchev–Trinajstić information content (AvgIpc) is 3.30. The van der Waals surface area contributed by atoms with Crippen molar-refractivity contribution in [2.45, 2.75) is 22.2 Å². The summed E-state index contributed by atoms with van der Waals surface area (Å²) in [6.45, 7) is 0. The summed E-state index contributed by atoms with van der Waals surface area (Å²) < 4.78 is 0. The molecule has 1 fully saturated rings. The van der Waals surface area contributed by atoms with Gasteiger partial charge in [0.1, 0.15) is 15.8 Å². The lowest BCUT2D eigenvalue weighted by molar-refractivity contribution is -0.384. The minimum atomic E-state index is -1.37. The van der Waals surface area contributed by atoms with Crippen LogP contribution in [0.2, 0.25) is 0 Å². The van der Waals surface area contributed by atoms with Gasteiger partial charge in [0.05, 0.1) is 16.8 Å². The van der Waals surface area contributed by atoms with Crippen molar-refractivity contribution in [2.75, 3.05) is 5.32 Å². The molecule has 4 aliphatic rings. The summed E-state index contributed by atoms with van der Waals surface area (Å²) in [5.41, 5.74) is 3.57. The van der Waals surface area contributed by atoms with E-state index < -0.39 is 50.3 Å². The lowest BCUT2D eigenvalue weighted by Gasteiger charge is -2.54. The zero-order valence-electron chi connectivity index (χ0n) is 22.4. The minimum absolute atomic E-state index is 0.0427. The molecule has 1 aliphatic heterocycles. The van der Waals surface area contributed by atoms with E-state index in [0.29, 0.717) is 22.3 Å². The van der Waals surface area contributed by atoms with Crippen molar-refractivity contribution in [1.29, 1.82) is 0 Å². The number of non-ortho nitro benzene ring substituents is 1. The molecule has 1 N–H and O–H groups in total. The number of amides is 3. The summed E-state index contributed by atoms with van der Waals surface area (Å²) in [4.78, 5) is 51.8. The zero-order chi connectivity index (χ0) is 30.1. The van der Waals surface area contributed by atoms with E-state index in [1.165, 1.54) is 24.3 Å². The molecule has 3 aliphatic carbocycles. The van der Waals surface area contributed by atoms with Gasteiger partial charge in [-0.2, -0.15) is 0 Å². The summed E-state index contributed by atoms with van der Waals surface area (Å²) in [5, 5.41) is 13.8. The van der Waals surface area contributed by atoms with Crippen LogP contribution in [-0.4, -0.2) is 33.6 Å². The summed E-state index contributed by atoms with van der Waals surface area (Å²) in [7, 11) is 0. The fourth-order valence-corrected chi connectivity index (χ4v) is 8.12. The van der Waals surface area contributed by atoms with Crippen LogP contribution < -0.4 is 5.32 Å². The number of halogens is 2. The first kappa shape index (κ1) is 27.3. The third-order valence-electron chi connectivity index (χ3n) is 8.85. The maximum Gasteiger partial charge on any atom is 0.269 e. The first-order valence-electron chi connectivity index (χ1n) is 13.7. The van der Waals surface area contributed by atoms with Crippen molar-refractivity contribution in [3.8, 4) is 0 Å². The molecule has 8 nitrogen and oxygen atoms in total. The summed E-state index contributed by atoms with van der Waals surface area (Å²) in [5.74, 6) is -3.85. The molecule has 0 saturated carbocycles. The predicted molar refractivity (Wildman–Crippen MR) is 161 cm³/mol. The smallest absolute Gasteiger partial charge is 0.269 e. The second kappa shape index (κ2) is 9.76. The van der Waals surface area contributed by atoms with Gasteiger partial charge in [-0.1, -0.05) is 78.9 Å². The van der Waals surface area contributed by atoms with Gasteiger partial charge in [0.25, 0.3) is 5.69 Å². The Hall–Kier alpha value is -4.53. The molecule has 0 unspecified atom stereocenters. The molecule has 4 aromatic carbocycles. The van der Waals surface area contributed by atoms with E-state index in [4.69, 9.17) is 23.2 Å². The largest absolute Gasteiger partial charge is 0.324 e. The van der Waals surface area contributed by atoms with Gasteiger partial charge in [-0.3, -0.25) is 29.4 Å². The molecule has 3 amide bonds. The Labute approximate surface area is 256 Å². The molecule has 0 radical (unpaired) electrons. The van der Waals surface area contributed by atoms with Crippen LogP contribution >= 0.6 is 23.2 Å². The third kappa shape index (κ3) is 3.79. The minimum Gasteiger partial charge on any atom is -0.324 e. The molecule has 4 aromatic rings.